The van der Waals surface area contributed by atoms with E-state index in [1.54, 1.807) is 14.2 Å². The van der Waals surface area contributed by atoms with Crippen LogP contribution in [0.3, 0.4) is 0 Å². The Morgan fingerprint density at radius 1 is 1.00 bits per heavy atom. The van der Waals surface area contributed by atoms with Crippen molar-refractivity contribution in [1.82, 2.24) is 0 Å². The molecule has 3 heteroatoms. The molecule has 76 valence electrons. The molecule has 2 aliphatic rings. The predicted octanol–water partition coefficient (Wildman–Crippen LogP) is 2.28. The first-order valence-electron chi connectivity index (χ1n) is 4.34. The highest BCUT2D eigenvalue weighted by molar-refractivity contribution is 5.93. The number of carbonyl (C=O) groups is 1. The number of hydrogen-bond acceptors (Lipinski definition) is 3. The van der Waals surface area contributed by atoms with Crippen LogP contribution in [-0.4, -0.2) is 20.0 Å². The standard InChI is InChI=1S/C8H8O2.C3H6O/c1-9-7-5-3-4-6(5)8(7)10-2;1-3(2)4/h3-4H,1-2H3;1-2H3. The molecule has 0 aromatic heterocycles. The van der Waals surface area contributed by atoms with Crippen LogP contribution in [0.15, 0.2) is 12.1 Å². The van der Waals surface area contributed by atoms with Crippen molar-refractivity contribution in [3.05, 3.63) is 12.1 Å². The van der Waals surface area contributed by atoms with Gasteiger partial charge in [0, 0.05) is 11.1 Å². The van der Waals surface area contributed by atoms with Crippen LogP contribution in [0.25, 0.3) is 11.1 Å². The molecule has 0 saturated carbocycles. The number of hydrogen-bond donors (Lipinski definition) is 0. The Kier molecular flexibility index (Phi) is 3.12. The maximum Gasteiger partial charge on any atom is 0.169 e. The van der Waals surface area contributed by atoms with Crippen LogP contribution in [0, 0.1) is 0 Å². The number of fused-ring (bicyclic) bond motifs is 1. The zero-order chi connectivity index (χ0) is 10.7. The SMILES string of the molecule is CC(C)=O.COc1c2ccc-2c1OC. The van der Waals surface area contributed by atoms with Crippen molar-refractivity contribution in [1.29, 1.82) is 0 Å². The summed E-state index contributed by atoms with van der Waals surface area (Å²) in [5, 5.41) is 0. The second-order valence-corrected chi connectivity index (χ2v) is 3.14. The highest BCUT2D eigenvalue weighted by Gasteiger charge is 2.27. The van der Waals surface area contributed by atoms with Crippen LogP contribution in [0.4, 0.5) is 0 Å². The molecule has 0 radical (unpaired) electrons. The van der Waals surface area contributed by atoms with Crippen LogP contribution in [0.1, 0.15) is 13.8 Å². The molecule has 3 nitrogen and oxygen atoms in total. The number of ether oxygens (including phenoxy) is 2. The van der Waals surface area contributed by atoms with Crippen LogP contribution in [0.5, 0.6) is 11.5 Å². The lowest BCUT2D eigenvalue weighted by atomic mass is 9.90. The fourth-order valence-corrected chi connectivity index (χ4v) is 1.23. The summed E-state index contributed by atoms with van der Waals surface area (Å²) in [6, 6.07) is 4.05. The van der Waals surface area contributed by atoms with Gasteiger partial charge >= 0.3 is 0 Å². The fourth-order valence-electron chi connectivity index (χ4n) is 1.23. The minimum atomic E-state index is 0.167. The molecular formula is C11H14O3. The zero-order valence-corrected chi connectivity index (χ0v) is 8.88. The quantitative estimate of drug-likeness (QED) is 0.735. The van der Waals surface area contributed by atoms with Crippen LogP contribution < -0.4 is 9.47 Å². The Labute approximate surface area is 83.6 Å². The average molecular weight is 194 g/mol. The molecule has 0 saturated heterocycles. The third kappa shape index (κ3) is 1.71. The van der Waals surface area contributed by atoms with Crippen LogP contribution in [-0.2, 0) is 4.79 Å². The van der Waals surface area contributed by atoms with Gasteiger partial charge in [-0.3, -0.25) is 0 Å². The Morgan fingerprint density at radius 3 is 1.43 bits per heavy atom. The lowest BCUT2D eigenvalue weighted by Crippen LogP contribution is -2.03. The summed E-state index contributed by atoms with van der Waals surface area (Å²) in [6.45, 7) is 3.06. The van der Waals surface area contributed by atoms with E-state index in [1.165, 1.54) is 25.0 Å². The lowest BCUT2D eigenvalue weighted by molar-refractivity contribution is -0.114. The summed E-state index contributed by atoms with van der Waals surface area (Å²) < 4.78 is 10.1. The molecule has 0 bridgehead atoms. The molecule has 14 heavy (non-hydrogen) atoms. The maximum atomic E-state index is 9.44. The summed E-state index contributed by atoms with van der Waals surface area (Å²) in [5.41, 5.74) is 2.39. The Hall–Kier alpha value is -1.51. The van der Waals surface area contributed by atoms with E-state index in [1.807, 2.05) is 12.1 Å². The third-order valence-electron chi connectivity index (χ3n) is 1.81. The summed E-state index contributed by atoms with van der Waals surface area (Å²) in [4.78, 5) is 9.44. The summed E-state index contributed by atoms with van der Waals surface area (Å²) in [7, 11) is 3.31. The van der Waals surface area contributed by atoms with Gasteiger partial charge in [-0.15, -0.1) is 0 Å². The summed E-state index contributed by atoms with van der Waals surface area (Å²) in [6.07, 6.45) is 0. The van der Waals surface area contributed by atoms with Gasteiger partial charge in [-0.1, -0.05) is 0 Å². The molecule has 0 unspecified atom stereocenters. The van der Waals surface area contributed by atoms with Gasteiger partial charge in [0.1, 0.15) is 5.78 Å². The number of carbonyl (C=O) groups excluding carboxylic acids is 1. The molecule has 0 amide bonds. The van der Waals surface area contributed by atoms with E-state index in [0.717, 1.165) is 11.5 Å². The smallest absolute Gasteiger partial charge is 0.169 e. The van der Waals surface area contributed by atoms with Gasteiger partial charge in [0.15, 0.2) is 11.5 Å². The van der Waals surface area contributed by atoms with Crippen molar-refractivity contribution in [2.24, 2.45) is 0 Å². The first kappa shape index (κ1) is 10.6. The number of rotatable bonds is 2. The molecule has 0 atom stereocenters. The second kappa shape index (κ2) is 4.13. The fraction of sp³-hybridized carbons (Fsp3) is 0.364. The van der Waals surface area contributed by atoms with Crippen molar-refractivity contribution in [3.63, 3.8) is 0 Å². The van der Waals surface area contributed by atoms with E-state index in [-0.39, 0.29) is 5.78 Å². The number of Topliss-reactive ketones (excluding diaryl/α,β-unsaturated/α-hetero) is 1. The Morgan fingerprint density at radius 2 is 1.29 bits per heavy atom. The van der Waals surface area contributed by atoms with Crippen molar-refractivity contribution < 1.29 is 14.3 Å². The van der Waals surface area contributed by atoms with E-state index in [9.17, 15) is 4.79 Å². The molecule has 2 aliphatic carbocycles. The summed E-state index contributed by atoms with van der Waals surface area (Å²) >= 11 is 0. The molecule has 0 heterocycles. The Bertz CT molecular complexity index is 323. The van der Waals surface area contributed by atoms with Crippen LogP contribution in [0.2, 0.25) is 0 Å². The molecule has 0 aromatic carbocycles. The van der Waals surface area contributed by atoms with Gasteiger partial charge in [0.25, 0.3) is 0 Å². The normalized spacial score (nSPS) is 9.71. The van der Waals surface area contributed by atoms with Gasteiger partial charge in [0.2, 0.25) is 0 Å². The van der Waals surface area contributed by atoms with Gasteiger partial charge in [-0.05, 0) is 26.0 Å². The van der Waals surface area contributed by atoms with Gasteiger partial charge in [-0.2, -0.15) is 0 Å². The molecular weight excluding hydrogens is 180 g/mol. The highest BCUT2D eigenvalue weighted by Crippen LogP contribution is 2.54. The molecule has 0 fully saturated rings. The first-order chi connectivity index (χ1) is 6.61. The van der Waals surface area contributed by atoms with Crippen molar-refractivity contribution in [2.45, 2.75) is 13.8 Å². The molecule has 0 N–H and O–H groups in total. The Balaban J connectivity index is 0.000000213. The average Bonchev–Trinajstić information content (AvgIpc) is 2.06. The lowest BCUT2D eigenvalue weighted by Gasteiger charge is -2.24. The minimum absolute atomic E-state index is 0.167. The first-order valence-corrected chi connectivity index (χ1v) is 4.34. The van der Waals surface area contributed by atoms with E-state index in [4.69, 9.17) is 9.47 Å². The van der Waals surface area contributed by atoms with E-state index in [0.29, 0.717) is 0 Å². The molecule has 0 spiro atoms. The minimum Gasteiger partial charge on any atom is -0.492 e. The maximum absolute atomic E-state index is 9.44. The number of benzene rings is 1. The van der Waals surface area contributed by atoms with Crippen LogP contribution >= 0.6 is 0 Å². The topological polar surface area (TPSA) is 35.5 Å². The van der Waals surface area contributed by atoms with Crippen molar-refractivity contribution in [3.8, 4) is 22.6 Å². The molecule has 2 rings (SSSR count). The highest BCUT2D eigenvalue weighted by atomic mass is 16.5. The zero-order valence-electron chi connectivity index (χ0n) is 8.88. The monoisotopic (exact) mass is 194 g/mol. The van der Waals surface area contributed by atoms with Gasteiger partial charge in [0.05, 0.1) is 14.2 Å². The predicted molar refractivity (Wildman–Crippen MR) is 54.9 cm³/mol. The van der Waals surface area contributed by atoms with Gasteiger partial charge in [-0.25, -0.2) is 0 Å². The molecule has 0 aliphatic heterocycles. The van der Waals surface area contributed by atoms with E-state index in [2.05, 4.69) is 0 Å². The van der Waals surface area contributed by atoms with Crippen molar-refractivity contribution in [2.75, 3.05) is 14.2 Å². The van der Waals surface area contributed by atoms with Gasteiger partial charge < -0.3 is 14.3 Å². The number of ketones is 1. The second-order valence-electron chi connectivity index (χ2n) is 3.14. The van der Waals surface area contributed by atoms with Crippen molar-refractivity contribution >= 4 is 5.78 Å². The van der Waals surface area contributed by atoms with E-state index < -0.39 is 0 Å². The largest absolute Gasteiger partial charge is 0.492 e. The number of methoxy groups -OCH3 is 2. The summed E-state index contributed by atoms with van der Waals surface area (Å²) in [5.74, 6) is 1.94. The molecule has 0 aromatic rings. The van der Waals surface area contributed by atoms with E-state index >= 15 is 0 Å². The third-order valence-corrected chi connectivity index (χ3v) is 1.81.